The molecule has 0 radical (unpaired) electrons. The molecule has 4 saturated carbocycles. The molecule has 0 amide bonds. The normalized spacial score (nSPS) is 51.3. The molecule has 5 nitrogen and oxygen atoms in total. The lowest BCUT2D eigenvalue weighted by atomic mass is 9.32. The lowest BCUT2D eigenvalue weighted by Crippen LogP contribution is -2.67. The zero-order valence-electron chi connectivity index (χ0n) is 23.0. The third kappa shape index (κ3) is 2.67. The third-order valence-corrected chi connectivity index (χ3v) is 13.7. The van der Waals surface area contributed by atoms with E-state index in [1.165, 1.54) is 11.1 Å². The molecule has 1 aromatic heterocycles. The van der Waals surface area contributed by atoms with Crippen LogP contribution in [0.15, 0.2) is 18.3 Å². The molecule has 1 heterocycles. The molecule has 0 aromatic carbocycles. The van der Waals surface area contributed by atoms with E-state index in [9.17, 15) is 15.0 Å². The quantitative estimate of drug-likeness (QED) is 0.441. The highest BCUT2D eigenvalue weighted by molar-refractivity contribution is 5.76. The first kappa shape index (κ1) is 24.7. The van der Waals surface area contributed by atoms with Gasteiger partial charge in [-0.2, -0.15) is 5.10 Å². The van der Waals surface area contributed by atoms with E-state index in [1.807, 2.05) is 6.20 Å². The molecule has 0 saturated heterocycles. The summed E-state index contributed by atoms with van der Waals surface area (Å²) >= 11 is 0. The number of aliphatic hydroxyl groups is 1. The summed E-state index contributed by atoms with van der Waals surface area (Å²) in [6, 6.07) is 0. The van der Waals surface area contributed by atoms with Gasteiger partial charge in [0.05, 0.1) is 18.2 Å². The third-order valence-electron chi connectivity index (χ3n) is 13.7. The maximum atomic E-state index is 12.8. The molecule has 4 fully saturated rings. The molecule has 3 N–H and O–H groups in total. The summed E-state index contributed by atoms with van der Waals surface area (Å²) in [7, 11) is 0. The molecule has 0 unspecified atom stereocenters. The first-order valence-electron chi connectivity index (χ1n) is 14.4. The van der Waals surface area contributed by atoms with Crippen LogP contribution in [0.3, 0.4) is 0 Å². The predicted octanol–water partition coefficient (Wildman–Crippen LogP) is 6.14. The van der Waals surface area contributed by atoms with Crippen molar-refractivity contribution in [3.8, 4) is 0 Å². The van der Waals surface area contributed by atoms with Gasteiger partial charge >= 0.3 is 5.97 Å². The highest BCUT2D eigenvalue weighted by Crippen LogP contribution is 2.77. The van der Waals surface area contributed by atoms with Gasteiger partial charge < -0.3 is 10.2 Å². The van der Waals surface area contributed by atoms with Gasteiger partial charge in [-0.3, -0.25) is 9.89 Å². The molecule has 5 heteroatoms. The molecule has 5 aliphatic carbocycles. The SMILES string of the molecule is C=C(C)[C@@H]1CC[C@]2(C(=O)O)CC[C@]3(C)[C@H](CC[C@@H]4[C@@]5(C)Cc6cn[nH]c6[C@@](C)(CO)[C@@H]5CC[C@]43C)[C@@H]12. The van der Waals surface area contributed by atoms with Crippen LogP contribution in [0, 0.1) is 51.2 Å². The van der Waals surface area contributed by atoms with E-state index >= 15 is 0 Å². The molecule has 6 rings (SSSR count). The molecule has 0 bridgehead atoms. The fraction of sp³-hybridized carbons (Fsp3) is 0.806. The standard InChI is InChI=1S/C31H46N2O3/c1-18(2)20-9-12-31(26(35)36)14-13-29(5)21(24(20)31)7-8-23-27(3)15-19-16-32-33-25(19)28(4,17-34)22(27)10-11-30(23,29)6/h16,20-24,34H,1,7-15,17H2,2-6H3,(H,32,33)(H,35,36)/t20-,21+,22+,23+,24+,27-,28-,29+,30+,31-/m0/s1. The van der Waals surface area contributed by atoms with Gasteiger partial charge in [-0.25, -0.2) is 0 Å². The average molecular weight is 495 g/mol. The van der Waals surface area contributed by atoms with Crippen molar-refractivity contribution < 1.29 is 15.0 Å². The Morgan fingerprint density at radius 3 is 2.47 bits per heavy atom. The molecule has 36 heavy (non-hydrogen) atoms. The Bertz CT molecular complexity index is 1110. The minimum Gasteiger partial charge on any atom is -0.481 e. The van der Waals surface area contributed by atoms with Gasteiger partial charge in [-0.1, -0.05) is 39.8 Å². The minimum absolute atomic E-state index is 0.0973. The number of aliphatic carboxylic acids is 1. The van der Waals surface area contributed by atoms with Crippen LogP contribution >= 0.6 is 0 Å². The molecular formula is C31H46N2O3. The Kier molecular flexibility index (Phi) is 5.14. The Morgan fingerprint density at radius 2 is 1.81 bits per heavy atom. The molecule has 10 atom stereocenters. The van der Waals surface area contributed by atoms with E-state index in [0.29, 0.717) is 23.7 Å². The molecule has 0 aliphatic heterocycles. The van der Waals surface area contributed by atoms with Crippen molar-refractivity contribution in [2.45, 2.75) is 97.8 Å². The van der Waals surface area contributed by atoms with Crippen LogP contribution in [0.4, 0.5) is 0 Å². The Balaban J connectivity index is 1.44. The second kappa shape index (κ2) is 7.48. The molecule has 0 spiro atoms. The lowest BCUT2D eigenvalue weighted by molar-refractivity contribution is -0.229. The summed E-state index contributed by atoms with van der Waals surface area (Å²) in [5, 5.41) is 29.0. The van der Waals surface area contributed by atoms with Gasteiger partial charge in [-0.15, -0.1) is 0 Å². The van der Waals surface area contributed by atoms with Crippen molar-refractivity contribution in [1.29, 1.82) is 0 Å². The monoisotopic (exact) mass is 494 g/mol. The number of aromatic nitrogens is 2. The first-order valence-corrected chi connectivity index (χ1v) is 14.4. The lowest BCUT2D eigenvalue weighted by Gasteiger charge is -2.72. The van der Waals surface area contributed by atoms with Crippen molar-refractivity contribution >= 4 is 5.97 Å². The molecule has 198 valence electrons. The van der Waals surface area contributed by atoms with Gasteiger partial charge in [0.15, 0.2) is 0 Å². The number of aromatic amines is 1. The van der Waals surface area contributed by atoms with Crippen molar-refractivity contribution in [2.75, 3.05) is 6.61 Å². The second-order valence-corrected chi connectivity index (χ2v) is 14.7. The number of nitrogens with zero attached hydrogens (tertiary/aromatic N) is 1. The van der Waals surface area contributed by atoms with Crippen LogP contribution in [0.5, 0.6) is 0 Å². The topological polar surface area (TPSA) is 86.2 Å². The van der Waals surface area contributed by atoms with Gasteiger partial charge in [0.2, 0.25) is 0 Å². The highest BCUT2D eigenvalue weighted by atomic mass is 16.4. The number of carbonyl (C=O) groups is 1. The minimum atomic E-state index is -0.565. The van der Waals surface area contributed by atoms with Gasteiger partial charge in [0.25, 0.3) is 0 Å². The maximum absolute atomic E-state index is 12.8. The summed E-state index contributed by atoms with van der Waals surface area (Å²) < 4.78 is 0. The van der Waals surface area contributed by atoms with Crippen molar-refractivity contribution in [1.82, 2.24) is 10.2 Å². The van der Waals surface area contributed by atoms with Crippen LogP contribution in [0.1, 0.15) is 97.2 Å². The van der Waals surface area contributed by atoms with Crippen LogP contribution in [-0.2, 0) is 16.6 Å². The number of nitrogens with one attached hydrogen (secondary N) is 1. The number of allylic oxidation sites excluding steroid dienone is 1. The summed E-state index contributed by atoms with van der Waals surface area (Å²) in [4.78, 5) is 12.8. The van der Waals surface area contributed by atoms with Crippen LogP contribution < -0.4 is 0 Å². The van der Waals surface area contributed by atoms with Crippen molar-refractivity contribution in [2.24, 2.45) is 51.2 Å². The smallest absolute Gasteiger partial charge is 0.309 e. The Labute approximate surface area is 216 Å². The zero-order valence-corrected chi connectivity index (χ0v) is 23.0. The van der Waals surface area contributed by atoms with E-state index in [1.54, 1.807) is 0 Å². The van der Waals surface area contributed by atoms with E-state index in [2.05, 4.69) is 51.4 Å². The summed E-state index contributed by atoms with van der Waals surface area (Å²) in [6.45, 7) is 16.5. The number of hydrogen-bond acceptors (Lipinski definition) is 3. The highest BCUT2D eigenvalue weighted by Gasteiger charge is 2.72. The summed E-state index contributed by atoms with van der Waals surface area (Å²) in [6.07, 6.45) is 11.2. The van der Waals surface area contributed by atoms with Crippen LogP contribution in [-0.4, -0.2) is 33.0 Å². The van der Waals surface area contributed by atoms with Crippen LogP contribution in [0.25, 0.3) is 0 Å². The molecule has 5 aliphatic rings. The van der Waals surface area contributed by atoms with Gasteiger partial charge in [-0.05, 0) is 116 Å². The van der Waals surface area contributed by atoms with Crippen LogP contribution in [0.2, 0.25) is 0 Å². The fourth-order valence-electron chi connectivity index (χ4n) is 11.9. The fourth-order valence-corrected chi connectivity index (χ4v) is 11.9. The number of rotatable bonds is 3. The second-order valence-electron chi connectivity index (χ2n) is 14.7. The van der Waals surface area contributed by atoms with E-state index < -0.39 is 11.4 Å². The number of carboxylic acid groups (broad SMARTS) is 1. The first-order chi connectivity index (χ1) is 16.9. The number of carboxylic acids is 1. The number of fused-ring (bicyclic) bond motifs is 8. The molecule has 1 aromatic rings. The number of H-pyrrole nitrogens is 1. The van der Waals surface area contributed by atoms with E-state index in [-0.39, 0.29) is 34.2 Å². The predicted molar refractivity (Wildman–Crippen MR) is 140 cm³/mol. The summed E-state index contributed by atoms with van der Waals surface area (Å²) in [5.41, 5.74) is 3.14. The molecular weight excluding hydrogens is 448 g/mol. The largest absolute Gasteiger partial charge is 0.481 e. The number of aliphatic hydroxyl groups excluding tert-OH is 1. The van der Waals surface area contributed by atoms with E-state index in [0.717, 1.165) is 63.5 Å². The van der Waals surface area contributed by atoms with Gasteiger partial charge in [0.1, 0.15) is 0 Å². The van der Waals surface area contributed by atoms with E-state index in [4.69, 9.17) is 0 Å². The average Bonchev–Trinajstić information content (AvgIpc) is 3.45. The number of hydrogen-bond donors (Lipinski definition) is 3. The Hall–Kier alpha value is -1.62. The maximum Gasteiger partial charge on any atom is 0.309 e. The van der Waals surface area contributed by atoms with Crippen molar-refractivity contribution in [3.63, 3.8) is 0 Å². The zero-order chi connectivity index (χ0) is 25.9. The van der Waals surface area contributed by atoms with Crippen molar-refractivity contribution in [3.05, 3.63) is 29.6 Å². The Morgan fingerprint density at radius 1 is 1.06 bits per heavy atom. The van der Waals surface area contributed by atoms with Gasteiger partial charge in [0, 0.05) is 11.1 Å². The summed E-state index contributed by atoms with van der Waals surface area (Å²) in [5.74, 6) is 1.39.